The maximum absolute atomic E-state index is 13.5. The lowest BCUT2D eigenvalue weighted by Gasteiger charge is -2.11. The first-order chi connectivity index (χ1) is 10.0. The first kappa shape index (κ1) is 15.7. The van der Waals surface area contributed by atoms with Gasteiger partial charge in [0.1, 0.15) is 5.82 Å². The standard InChI is InChI=1S/C16H16BrFN2O/c1-10-6-13(17)14(18)8-15(10)20-16(21)7-11-4-2-3-5-12(11)9-19/h2-6,8H,7,9,19H2,1H3,(H,20,21). The second-order valence-corrected chi connectivity index (χ2v) is 5.63. The zero-order valence-corrected chi connectivity index (χ0v) is 13.2. The van der Waals surface area contributed by atoms with E-state index in [1.807, 2.05) is 31.2 Å². The molecule has 0 heterocycles. The van der Waals surface area contributed by atoms with E-state index in [9.17, 15) is 9.18 Å². The maximum atomic E-state index is 13.5. The summed E-state index contributed by atoms with van der Waals surface area (Å²) in [6.07, 6.45) is 0.213. The highest BCUT2D eigenvalue weighted by Crippen LogP contribution is 2.24. The Morgan fingerprint density at radius 3 is 2.62 bits per heavy atom. The Balaban J connectivity index is 2.14. The molecule has 110 valence electrons. The summed E-state index contributed by atoms with van der Waals surface area (Å²) in [4.78, 5) is 12.1. The van der Waals surface area contributed by atoms with E-state index >= 15 is 0 Å². The number of halogens is 2. The smallest absolute Gasteiger partial charge is 0.228 e. The summed E-state index contributed by atoms with van der Waals surface area (Å²) in [5, 5.41) is 2.74. The third kappa shape index (κ3) is 3.89. The zero-order chi connectivity index (χ0) is 15.4. The van der Waals surface area contributed by atoms with Gasteiger partial charge >= 0.3 is 0 Å². The molecule has 3 nitrogen and oxygen atoms in total. The van der Waals surface area contributed by atoms with Gasteiger partial charge in [0, 0.05) is 12.2 Å². The Hall–Kier alpha value is -1.72. The first-order valence-corrected chi connectivity index (χ1v) is 7.33. The van der Waals surface area contributed by atoms with Gasteiger partial charge in [0.15, 0.2) is 0 Å². The second-order valence-electron chi connectivity index (χ2n) is 4.78. The molecule has 1 amide bonds. The van der Waals surface area contributed by atoms with Gasteiger partial charge in [0.25, 0.3) is 0 Å². The number of aryl methyl sites for hydroxylation is 1. The van der Waals surface area contributed by atoms with Gasteiger partial charge in [-0.2, -0.15) is 0 Å². The molecule has 2 rings (SSSR count). The molecule has 0 saturated heterocycles. The Kier molecular flexibility index (Phi) is 5.09. The third-order valence-corrected chi connectivity index (χ3v) is 3.84. The van der Waals surface area contributed by atoms with Gasteiger partial charge in [-0.15, -0.1) is 0 Å². The molecule has 5 heteroatoms. The van der Waals surface area contributed by atoms with Crippen molar-refractivity contribution in [3.8, 4) is 0 Å². The summed E-state index contributed by atoms with van der Waals surface area (Å²) in [7, 11) is 0. The van der Waals surface area contributed by atoms with Crippen LogP contribution in [0.4, 0.5) is 10.1 Å². The Bertz CT molecular complexity index is 673. The number of rotatable bonds is 4. The van der Waals surface area contributed by atoms with E-state index in [4.69, 9.17) is 5.73 Å². The Morgan fingerprint density at radius 2 is 1.95 bits per heavy atom. The molecular formula is C16H16BrFN2O. The second kappa shape index (κ2) is 6.83. The molecule has 0 aromatic heterocycles. The maximum Gasteiger partial charge on any atom is 0.228 e. The molecule has 0 aliphatic rings. The van der Waals surface area contributed by atoms with Crippen LogP contribution in [0.3, 0.4) is 0 Å². The quantitative estimate of drug-likeness (QED) is 0.885. The van der Waals surface area contributed by atoms with Crippen LogP contribution in [0.25, 0.3) is 0 Å². The van der Waals surface area contributed by atoms with Crippen LogP contribution < -0.4 is 11.1 Å². The average molecular weight is 351 g/mol. The third-order valence-electron chi connectivity index (χ3n) is 3.23. The number of amides is 1. The lowest BCUT2D eigenvalue weighted by Crippen LogP contribution is -2.17. The van der Waals surface area contributed by atoms with Gasteiger partial charge in [-0.3, -0.25) is 4.79 Å². The molecule has 2 aromatic carbocycles. The summed E-state index contributed by atoms with van der Waals surface area (Å²) < 4.78 is 13.9. The van der Waals surface area contributed by atoms with Crippen LogP contribution in [0.1, 0.15) is 16.7 Å². The highest BCUT2D eigenvalue weighted by atomic mass is 79.9. The van der Waals surface area contributed by atoms with Crippen molar-refractivity contribution in [2.24, 2.45) is 5.73 Å². The molecule has 0 aliphatic carbocycles. The van der Waals surface area contributed by atoms with E-state index in [1.165, 1.54) is 6.07 Å². The summed E-state index contributed by atoms with van der Waals surface area (Å²) in [5.41, 5.74) is 8.74. The van der Waals surface area contributed by atoms with Crippen LogP contribution in [-0.2, 0) is 17.8 Å². The molecule has 0 aliphatic heterocycles. The molecule has 21 heavy (non-hydrogen) atoms. The fourth-order valence-corrected chi connectivity index (χ4v) is 2.54. The molecule has 0 fully saturated rings. The van der Waals surface area contributed by atoms with Crippen molar-refractivity contribution < 1.29 is 9.18 Å². The number of nitrogens with two attached hydrogens (primary N) is 1. The Labute approximate surface area is 131 Å². The normalized spacial score (nSPS) is 10.5. The zero-order valence-electron chi connectivity index (χ0n) is 11.6. The fraction of sp³-hybridized carbons (Fsp3) is 0.188. The van der Waals surface area contributed by atoms with Crippen molar-refractivity contribution in [2.45, 2.75) is 19.9 Å². The molecule has 3 N–H and O–H groups in total. The topological polar surface area (TPSA) is 55.1 Å². The summed E-state index contributed by atoms with van der Waals surface area (Å²) >= 11 is 3.12. The van der Waals surface area contributed by atoms with Crippen molar-refractivity contribution >= 4 is 27.5 Å². The number of hydrogen-bond acceptors (Lipinski definition) is 2. The van der Waals surface area contributed by atoms with Gasteiger partial charge in [0.2, 0.25) is 5.91 Å². The first-order valence-electron chi connectivity index (χ1n) is 6.53. The van der Waals surface area contributed by atoms with E-state index in [2.05, 4.69) is 21.2 Å². The van der Waals surface area contributed by atoms with E-state index in [0.717, 1.165) is 16.7 Å². The Morgan fingerprint density at radius 1 is 1.29 bits per heavy atom. The van der Waals surface area contributed by atoms with Crippen LogP contribution >= 0.6 is 15.9 Å². The molecule has 0 bridgehead atoms. The molecule has 0 atom stereocenters. The molecular weight excluding hydrogens is 335 g/mol. The highest BCUT2D eigenvalue weighted by molar-refractivity contribution is 9.10. The number of carbonyl (C=O) groups is 1. The van der Waals surface area contributed by atoms with Crippen molar-refractivity contribution in [3.63, 3.8) is 0 Å². The van der Waals surface area contributed by atoms with Crippen molar-refractivity contribution in [2.75, 3.05) is 5.32 Å². The number of anilines is 1. The highest BCUT2D eigenvalue weighted by Gasteiger charge is 2.11. The van der Waals surface area contributed by atoms with Crippen LogP contribution in [0.5, 0.6) is 0 Å². The van der Waals surface area contributed by atoms with Crippen LogP contribution in [0.15, 0.2) is 40.9 Å². The minimum Gasteiger partial charge on any atom is -0.326 e. The minimum atomic E-state index is -0.404. The van der Waals surface area contributed by atoms with Gasteiger partial charge in [-0.25, -0.2) is 4.39 Å². The predicted octanol–water partition coefficient (Wildman–Crippen LogP) is 3.54. The number of hydrogen-bond donors (Lipinski definition) is 2. The van der Waals surface area contributed by atoms with Gasteiger partial charge in [0.05, 0.1) is 10.9 Å². The predicted molar refractivity (Wildman–Crippen MR) is 85.5 cm³/mol. The molecule has 0 spiro atoms. The van der Waals surface area contributed by atoms with Crippen LogP contribution in [0.2, 0.25) is 0 Å². The molecule has 0 radical (unpaired) electrons. The number of nitrogens with one attached hydrogen (secondary N) is 1. The van der Waals surface area contributed by atoms with E-state index in [1.54, 1.807) is 6.07 Å². The lowest BCUT2D eigenvalue weighted by molar-refractivity contribution is -0.115. The fourth-order valence-electron chi connectivity index (χ4n) is 2.08. The van der Waals surface area contributed by atoms with Crippen molar-refractivity contribution in [3.05, 3.63) is 63.4 Å². The summed E-state index contributed by atoms with van der Waals surface area (Å²) in [6.45, 7) is 2.20. The SMILES string of the molecule is Cc1cc(Br)c(F)cc1NC(=O)Cc1ccccc1CN. The summed E-state index contributed by atoms with van der Waals surface area (Å²) in [6, 6.07) is 10.5. The van der Waals surface area contributed by atoms with Crippen LogP contribution in [-0.4, -0.2) is 5.91 Å². The van der Waals surface area contributed by atoms with Gasteiger partial charge in [-0.1, -0.05) is 24.3 Å². The largest absolute Gasteiger partial charge is 0.326 e. The van der Waals surface area contributed by atoms with E-state index in [-0.39, 0.29) is 12.3 Å². The monoisotopic (exact) mass is 350 g/mol. The molecule has 0 saturated carbocycles. The van der Waals surface area contributed by atoms with Gasteiger partial charge in [-0.05, 0) is 51.7 Å². The molecule has 2 aromatic rings. The minimum absolute atomic E-state index is 0.194. The van der Waals surface area contributed by atoms with Crippen LogP contribution in [0, 0.1) is 12.7 Å². The van der Waals surface area contributed by atoms with Gasteiger partial charge < -0.3 is 11.1 Å². The summed E-state index contributed by atoms with van der Waals surface area (Å²) in [5.74, 6) is -0.598. The lowest BCUT2D eigenvalue weighted by atomic mass is 10.0. The molecule has 0 unspecified atom stereocenters. The number of carbonyl (C=O) groups excluding carboxylic acids is 1. The van der Waals surface area contributed by atoms with Crippen molar-refractivity contribution in [1.82, 2.24) is 0 Å². The number of benzene rings is 2. The average Bonchev–Trinajstić information content (AvgIpc) is 2.45. The van der Waals surface area contributed by atoms with E-state index in [0.29, 0.717) is 16.7 Å². The van der Waals surface area contributed by atoms with E-state index < -0.39 is 5.82 Å². The van der Waals surface area contributed by atoms with Crippen molar-refractivity contribution in [1.29, 1.82) is 0 Å².